The number of ether oxygens (including phenoxy) is 1. The first-order chi connectivity index (χ1) is 12.1. The van der Waals surface area contributed by atoms with Gasteiger partial charge in [0.1, 0.15) is 5.54 Å². The van der Waals surface area contributed by atoms with Crippen molar-refractivity contribution >= 4 is 39.7 Å². The normalized spacial score (nSPS) is 23.7. The van der Waals surface area contributed by atoms with Gasteiger partial charge in [-0.1, -0.05) is 26.8 Å². The number of amides is 1. The molecule has 0 radical (unpaired) electrons. The van der Waals surface area contributed by atoms with Crippen LogP contribution in [0.2, 0.25) is 0 Å². The fourth-order valence-corrected chi connectivity index (χ4v) is 4.35. The number of hydrogen-bond donors (Lipinski definition) is 3. The summed E-state index contributed by atoms with van der Waals surface area (Å²) in [4.78, 5) is 12.8. The third kappa shape index (κ3) is 4.93. The highest BCUT2D eigenvalue weighted by molar-refractivity contribution is 7.92. The summed E-state index contributed by atoms with van der Waals surface area (Å²) in [6.07, 6.45) is 0.912. The Kier molecular flexibility index (Phi) is 7.69. The zero-order valence-corrected chi connectivity index (χ0v) is 17.9. The molecule has 154 valence electrons. The summed E-state index contributed by atoms with van der Waals surface area (Å²) in [5, 5.41) is 2.81. The summed E-state index contributed by atoms with van der Waals surface area (Å²) >= 11 is 0. The highest BCUT2D eigenvalue weighted by atomic mass is 35.5. The maximum atomic E-state index is 12.8. The van der Waals surface area contributed by atoms with Crippen LogP contribution in [0.5, 0.6) is 0 Å². The molecule has 9 heteroatoms. The number of carbonyl (C=O) groups excluding carboxylic acids is 1. The number of halogens is 1. The van der Waals surface area contributed by atoms with Crippen molar-refractivity contribution in [1.29, 1.82) is 0 Å². The van der Waals surface area contributed by atoms with E-state index in [4.69, 9.17) is 10.5 Å². The third-order valence-electron chi connectivity index (χ3n) is 5.10. The van der Waals surface area contributed by atoms with Crippen LogP contribution in [0.1, 0.15) is 40.5 Å². The lowest BCUT2D eigenvalue weighted by Crippen LogP contribution is -2.74. The van der Waals surface area contributed by atoms with Crippen molar-refractivity contribution < 1.29 is 17.9 Å². The van der Waals surface area contributed by atoms with E-state index >= 15 is 0 Å². The molecule has 4 N–H and O–H groups in total. The lowest BCUT2D eigenvalue weighted by atomic mass is 9.54. The number of benzene rings is 1. The van der Waals surface area contributed by atoms with Crippen molar-refractivity contribution in [3.63, 3.8) is 0 Å². The van der Waals surface area contributed by atoms with E-state index in [1.807, 2.05) is 20.8 Å². The number of anilines is 2. The molecule has 1 aromatic rings. The smallest absolute Gasteiger partial charge is 0.245 e. The summed E-state index contributed by atoms with van der Waals surface area (Å²) in [5.41, 5.74) is 5.74. The van der Waals surface area contributed by atoms with Gasteiger partial charge in [-0.15, -0.1) is 12.4 Å². The van der Waals surface area contributed by atoms with Crippen molar-refractivity contribution in [2.24, 2.45) is 11.1 Å². The number of rotatable bonds is 8. The Labute approximate surface area is 167 Å². The Morgan fingerprint density at radius 2 is 1.93 bits per heavy atom. The molecule has 2 atom stereocenters. The quantitative estimate of drug-likeness (QED) is 0.600. The van der Waals surface area contributed by atoms with E-state index in [9.17, 15) is 13.2 Å². The van der Waals surface area contributed by atoms with Crippen LogP contribution in [0.3, 0.4) is 0 Å². The van der Waals surface area contributed by atoms with E-state index in [-0.39, 0.29) is 30.2 Å². The zero-order valence-electron chi connectivity index (χ0n) is 16.2. The van der Waals surface area contributed by atoms with Crippen LogP contribution >= 0.6 is 12.4 Å². The molecule has 1 saturated carbocycles. The van der Waals surface area contributed by atoms with Crippen molar-refractivity contribution in [2.45, 2.75) is 52.2 Å². The third-order valence-corrected chi connectivity index (χ3v) is 6.59. The molecule has 0 saturated heterocycles. The predicted molar refractivity (Wildman–Crippen MR) is 111 cm³/mol. The molecule has 0 aliphatic heterocycles. The van der Waals surface area contributed by atoms with Crippen LogP contribution in [0.4, 0.5) is 11.4 Å². The first kappa shape index (κ1) is 23.7. The van der Waals surface area contributed by atoms with Crippen LogP contribution in [0.25, 0.3) is 0 Å². The van der Waals surface area contributed by atoms with Gasteiger partial charge in [0.25, 0.3) is 0 Å². The van der Waals surface area contributed by atoms with E-state index in [2.05, 4.69) is 10.0 Å². The van der Waals surface area contributed by atoms with E-state index in [0.29, 0.717) is 30.8 Å². The Balaban J connectivity index is 0.00000364. The van der Waals surface area contributed by atoms with Crippen molar-refractivity contribution in [2.75, 3.05) is 22.4 Å². The maximum Gasteiger partial charge on any atom is 0.245 e. The lowest BCUT2D eigenvalue weighted by Gasteiger charge is -2.57. The van der Waals surface area contributed by atoms with Crippen molar-refractivity contribution in [3.05, 3.63) is 24.3 Å². The molecule has 0 bridgehead atoms. The van der Waals surface area contributed by atoms with E-state index in [1.54, 1.807) is 31.2 Å². The molecule has 0 spiro atoms. The average Bonchev–Trinajstić information content (AvgIpc) is 2.54. The number of hydrogen-bond acceptors (Lipinski definition) is 5. The second kappa shape index (κ2) is 8.77. The molecule has 1 aromatic carbocycles. The van der Waals surface area contributed by atoms with Crippen LogP contribution in [0, 0.1) is 5.41 Å². The number of nitrogens with two attached hydrogens (primary N) is 1. The molecular formula is C18H30ClN3O4S. The second-order valence-corrected chi connectivity index (χ2v) is 9.14. The first-order valence-electron chi connectivity index (χ1n) is 8.88. The number of sulfonamides is 1. The van der Waals surface area contributed by atoms with Gasteiger partial charge in [-0.25, -0.2) is 8.42 Å². The highest BCUT2D eigenvalue weighted by Gasteiger charge is 2.62. The summed E-state index contributed by atoms with van der Waals surface area (Å²) in [7, 11) is -3.39. The van der Waals surface area contributed by atoms with E-state index < -0.39 is 21.0 Å². The molecule has 0 heterocycles. The van der Waals surface area contributed by atoms with Gasteiger partial charge >= 0.3 is 0 Å². The largest absolute Gasteiger partial charge is 0.378 e. The Bertz CT molecular complexity index is 770. The van der Waals surface area contributed by atoms with Gasteiger partial charge in [0.2, 0.25) is 15.9 Å². The van der Waals surface area contributed by atoms with Crippen LogP contribution in [-0.4, -0.2) is 38.3 Å². The second-order valence-electron chi connectivity index (χ2n) is 7.30. The van der Waals surface area contributed by atoms with E-state index in [0.717, 1.165) is 0 Å². The Morgan fingerprint density at radius 1 is 1.30 bits per heavy atom. The fraction of sp³-hybridized carbons (Fsp3) is 0.611. The summed E-state index contributed by atoms with van der Waals surface area (Å²) < 4.78 is 32.0. The Morgan fingerprint density at radius 3 is 2.48 bits per heavy atom. The summed E-state index contributed by atoms with van der Waals surface area (Å²) in [5.74, 6) is -0.255. The minimum Gasteiger partial charge on any atom is -0.378 e. The highest BCUT2D eigenvalue weighted by Crippen LogP contribution is 2.50. The zero-order chi connectivity index (χ0) is 19.6. The molecule has 2 rings (SSSR count). The van der Waals surface area contributed by atoms with Crippen LogP contribution in [-0.2, 0) is 19.6 Å². The van der Waals surface area contributed by atoms with Gasteiger partial charge < -0.3 is 15.8 Å². The van der Waals surface area contributed by atoms with Gasteiger partial charge in [0.05, 0.1) is 17.5 Å². The molecule has 27 heavy (non-hydrogen) atoms. The Hall–Kier alpha value is -1.35. The van der Waals surface area contributed by atoms with E-state index in [1.165, 1.54) is 0 Å². The molecular weight excluding hydrogens is 390 g/mol. The molecule has 2 unspecified atom stereocenters. The maximum absolute atomic E-state index is 12.8. The monoisotopic (exact) mass is 419 g/mol. The first-order valence-corrected chi connectivity index (χ1v) is 10.5. The van der Waals surface area contributed by atoms with Crippen molar-refractivity contribution in [3.8, 4) is 0 Å². The molecule has 0 aromatic heterocycles. The molecule has 7 nitrogen and oxygen atoms in total. The molecule has 1 aliphatic carbocycles. The number of nitrogens with one attached hydrogen (secondary N) is 2. The van der Waals surface area contributed by atoms with Gasteiger partial charge in [0.15, 0.2) is 0 Å². The van der Waals surface area contributed by atoms with Crippen LogP contribution in [0.15, 0.2) is 24.3 Å². The molecule has 1 amide bonds. The standard InChI is InChI=1S/C18H29N3O4S.ClH/c1-5-10-26(23,24)21-14-9-7-8-13(11-14)20-16(22)18(19)12-15(25-6-2)17(18,3)4;/h7-9,11,15,21H,5-6,10,12,19H2,1-4H3,(H,20,22);1H. The van der Waals surface area contributed by atoms with Gasteiger partial charge in [-0.2, -0.15) is 0 Å². The SMILES string of the molecule is CCCS(=O)(=O)Nc1cccc(NC(=O)C2(N)CC(OCC)C2(C)C)c1.Cl. The summed E-state index contributed by atoms with van der Waals surface area (Å²) in [6, 6.07) is 6.60. The predicted octanol–water partition coefficient (Wildman–Crippen LogP) is 2.73. The molecule has 1 fully saturated rings. The molecule has 1 aliphatic rings. The van der Waals surface area contributed by atoms with Gasteiger partial charge in [-0.3, -0.25) is 9.52 Å². The fourth-order valence-electron chi connectivity index (χ4n) is 3.22. The topological polar surface area (TPSA) is 111 Å². The van der Waals surface area contributed by atoms with Crippen LogP contribution < -0.4 is 15.8 Å². The minimum atomic E-state index is -3.39. The van der Waals surface area contributed by atoms with Crippen molar-refractivity contribution in [1.82, 2.24) is 0 Å². The minimum absolute atomic E-state index is 0. The number of carbonyl (C=O) groups is 1. The van der Waals surface area contributed by atoms with Gasteiger partial charge in [-0.05, 0) is 31.5 Å². The average molecular weight is 420 g/mol. The van der Waals surface area contributed by atoms with Gasteiger partial charge in [0, 0.05) is 24.1 Å². The lowest BCUT2D eigenvalue weighted by molar-refractivity contribution is -0.166. The summed E-state index contributed by atoms with van der Waals surface area (Å²) in [6.45, 7) is 8.13.